The zero-order valence-corrected chi connectivity index (χ0v) is 12.8. The first kappa shape index (κ1) is 16.5. The second-order valence-corrected chi connectivity index (χ2v) is 6.02. The van der Waals surface area contributed by atoms with E-state index in [-0.39, 0.29) is 18.2 Å². The third-order valence-corrected chi connectivity index (χ3v) is 4.32. The van der Waals surface area contributed by atoms with Crippen LogP contribution in [-0.4, -0.2) is 28.0 Å². The number of nitrogens with one attached hydrogen (secondary N) is 1. The van der Waals surface area contributed by atoms with Gasteiger partial charge in [0.05, 0.1) is 6.42 Å². The zero-order chi connectivity index (χ0) is 15.8. The summed E-state index contributed by atoms with van der Waals surface area (Å²) in [5.41, 5.74) is 0.842. The number of aliphatic carboxylic acids is 1. The Morgan fingerprint density at radius 2 is 1.73 bits per heavy atom. The molecule has 2 N–H and O–H groups in total. The van der Waals surface area contributed by atoms with E-state index in [2.05, 4.69) is 10.3 Å². The van der Waals surface area contributed by atoms with Crippen LogP contribution in [0.25, 0.3) is 0 Å². The molecule has 1 amide bonds. The van der Waals surface area contributed by atoms with Crippen molar-refractivity contribution < 1.29 is 14.7 Å². The molecule has 1 aliphatic carbocycles. The molecule has 0 saturated heterocycles. The quantitative estimate of drug-likeness (QED) is 0.876. The van der Waals surface area contributed by atoms with Gasteiger partial charge in [-0.05, 0) is 36.5 Å². The number of hydrogen-bond acceptors (Lipinski definition) is 3. The lowest BCUT2D eigenvalue weighted by Gasteiger charge is -2.26. The second kappa shape index (κ2) is 8.51. The van der Waals surface area contributed by atoms with E-state index in [9.17, 15) is 14.7 Å². The van der Waals surface area contributed by atoms with Crippen LogP contribution in [0.5, 0.6) is 0 Å². The Balaban J connectivity index is 1.95. The van der Waals surface area contributed by atoms with Gasteiger partial charge in [-0.25, -0.2) is 4.79 Å². The number of carbonyl (C=O) groups excluding carboxylic acids is 1. The maximum atomic E-state index is 12.1. The van der Waals surface area contributed by atoms with Gasteiger partial charge in [-0.2, -0.15) is 0 Å². The van der Waals surface area contributed by atoms with Crippen LogP contribution in [0.15, 0.2) is 24.5 Å². The van der Waals surface area contributed by atoms with Gasteiger partial charge in [0.1, 0.15) is 6.04 Å². The Labute approximate surface area is 131 Å². The van der Waals surface area contributed by atoms with Crippen LogP contribution < -0.4 is 5.32 Å². The molecule has 0 radical (unpaired) electrons. The lowest BCUT2D eigenvalue weighted by atomic mass is 9.85. The lowest BCUT2D eigenvalue weighted by Crippen LogP contribution is -2.46. The van der Waals surface area contributed by atoms with Crippen LogP contribution in [-0.2, 0) is 16.0 Å². The SMILES string of the molecule is O=C(Cc1ccncc1)NC(C(=O)O)C1CCCCCCC1. The Hall–Kier alpha value is -1.91. The summed E-state index contributed by atoms with van der Waals surface area (Å²) in [7, 11) is 0. The number of amides is 1. The van der Waals surface area contributed by atoms with Gasteiger partial charge in [0.25, 0.3) is 0 Å². The van der Waals surface area contributed by atoms with Gasteiger partial charge in [0.2, 0.25) is 5.91 Å². The summed E-state index contributed by atoms with van der Waals surface area (Å²) in [4.78, 5) is 27.6. The third-order valence-electron chi connectivity index (χ3n) is 4.32. The van der Waals surface area contributed by atoms with Crippen molar-refractivity contribution in [2.45, 2.75) is 57.4 Å². The van der Waals surface area contributed by atoms with Crippen molar-refractivity contribution in [1.82, 2.24) is 10.3 Å². The van der Waals surface area contributed by atoms with Crippen LogP contribution in [0.4, 0.5) is 0 Å². The molecule has 5 nitrogen and oxygen atoms in total. The number of aromatic nitrogens is 1. The van der Waals surface area contributed by atoms with Gasteiger partial charge in [0, 0.05) is 12.4 Å². The Morgan fingerprint density at radius 1 is 1.14 bits per heavy atom. The average molecular weight is 304 g/mol. The van der Waals surface area contributed by atoms with E-state index in [1.165, 1.54) is 6.42 Å². The van der Waals surface area contributed by atoms with E-state index in [0.29, 0.717) is 0 Å². The number of rotatable bonds is 5. The van der Waals surface area contributed by atoms with Gasteiger partial charge < -0.3 is 10.4 Å². The summed E-state index contributed by atoms with van der Waals surface area (Å²) in [6.45, 7) is 0. The molecule has 1 unspecified atom stereocenters. The molecule has 1 aliphatic rings. The van der Waals surface area contributed by atoms with E-state index in [0.717, 1.165) is 44.1 Å². The monoisotopic (exact) mass is 304 g/mol. The number of nitrogens with zero attached hydrogens (tertiary/aromatic N) is 1. The fraction of sp³-hybridized carbons (Fsp3) is 0.588. The molecule has 0 spiro atoms. The number of carbonyl (C=O) groups is 2. The van der Waals surface area contributed by atoms with E-state index in [1.54, 1.807) is 24.5 Å². The molecule has 1 atom stereocenters. The van der Waals surface area contributed by atoms with Crippen LogP contribution >= 0.6 is 0 Å². The molecule has 22 heavy (non-hydrogen) atoms. The highest BCUT2D eigenvalue weighted by Crippen LogP contribution is 2.25. The van der Waals surface area contributed by atoms with Gasteiger partial charge >= 0.3 is 5.97 Å². The highest BCUT2D eigenvalue weighted by molar-refractivity contribution is 5.85. The Bertz CT molecular complexity index is 482. The first-order chi connectivity index (χ1) is 10.7. The van der Waals surface area contributed by atoms with Crippen molar-refractivity contribution in [3.05, 3.63) is 30.1 Å². The smallest absolute Gasteiger partial charge is 0.326 e. The normalized spacial score (nSPS) is 18.0. The molecule has 0 aromatic carbocycles. The van der Waals surface area contributed by atoms with Crippen molar-refractivity contribution in [2.24, 2.45) is 5.92 Å². The molecular weight excluding hydrogens is 280 g/mol. The predicted octanol–water partition coefficient (Wildman–Crippen LogP) is 2.55. The zero-order valence-electron chi connectivity index (χ0n) is 12.8. The van der Waals surface area contributed by atoms with Gasteiger partial charge in [-0.3, -0.25) is 9.78 Å². The summed E-state index contributed by atoms with van der Waals surface area (Å²) in [6, 6.07) is 2.77. The minimum absolute atomic E-state index is 0.0409. The van der Waals surface area contributed by atoms with E-state index in [1.807, 2.05) is 0 Å². The summed E-state index contributed by atoms with van der Waals surface area (Å²) < 4.78 is 0. The highest BCUT2D eigenvalue weighted by atomic mass is 16.4. The van der Waals surface area contributed by atoms with Crippen molar-refractivity contribution in [2.75, 3.05) is 0 Å². The molecule has 0 bridgehead atoms. The second-order valence-electron chi connectivity index (χ2n) is 6.02. The largest absolute Gasteiger partial charge is 0.480 e. The molecule has 1 fully saturated rings. The van der Waals surface area contributed by atoms with Crippen molar-refractivity contribution in [3.63, 3.8) is 0 Å². The molecule has 1 heterocycles. The maximum Gasteiger partial charge on any atom is 0.326 e. The van der Waals surface area contributed by atoms with Crippen molar-refractivity contribution >= 4 is 11.9 Å². The van der Waals surface area contributed by atoms with Crippen LogP contribution in [0.3, 0.4) is 0 Å². The van der Waals surface area contributed by atoms with Crippen molar-refractivity contribution in [3.8, 4) is 0 Å². The maximum absolute atomic E-state index is 12.1. The van der Waals surface area contributed by atoms with E-state index in [4.69, 9.17) is 0 Å². The molecule has 0 aliphatic heterocycles. The molecular formula is C17H24N2O3. The number of hydrogen-bond donors (Lipinski definition) is 2. The minimum atomic E-state index is -0.923. The van der Waals surface area contributed by atoms with Gasteiger partial charge in [0.15, 0.2) is 0 Å². The van der Waals surface area contributed by atoms with Gasteiger partial charge in [-0.15, -0.1) is 0 Å². The molecule has 120 valence electrons. The van der Waals surface area contributed by atoms with Crippen LogP contribution in [0.2, 0.25) is 0 Å². The van der Waals surface area contributed by atoms with E-state index >= 15 is 0 Å². The summed E-state index contributed by atoms with van der Waals surface area (Å²) in [5.74, 6) is -1.12. The standard InChI is InChI=1S/C17H24N2O3/c20-15(12-13-8-10-18-11-9-13)19-16(17(21)22)14-6-4-2-1-3-5-7-14/h8-11,14,16H,1-7,12H2,(H,19,20)(H,21,22). The Morgan fingerprint density at radius 3 is 2.32 bits per heavy atom. The number of carboxylic acids is 1. The number of carboxylic acid groups (broad SMARTS) is 1. The van der Waals surface area contributed by atoms with Crippen LogP contribution in [0.1, 0.15) is 50.5 Å². The van der Waals surface area contributed by atoms with E-state index < -0.39 is 12.0 Å². The highest BCUT2D eigenvalue weighted by Gasteiger charge is 2.29. The van der Waals surface area contributed by atoms with Crippen molar-refractivity contribution in [1.29, 1.82) is 0 Å². The summed E-state index contributed by atoms with van der Waals surface area (Å²) in [6.07, 6.45) is 10.9. The molecule has 1 aromatic rings. The fourth-order valence-corrected chi connectivity index (χ4v) is 3.11. The predicted molar refractivity (Wildman–Crippen MR) is 83.3 cm³/mol. The fourth-order valence-electron chi connectivity index (χ4n) is 3.11. The average Bonchev–Trinajstić information content (AvgIpc) is 2.46. The molecule has 1 aromatic heterocycles. The first-order valence-corrected chi connectivity index (χ1v) is 8.08. The minimum Gasteiger partial charge on any atom is -0.480 e. The summed E-state index contributed by atoms with van der Waals surface area (Å²) in [5, 5.41) is 12.2. The Kier molecular flexibility index (Phi) is 6.37. The topological polar surface area (TPSA) is 79.3 Å². The van der Waals surface area contributed by atoms with Crippen LogP contribution in [0, 0.1) is 5.92 Å². The first-order valence-electron chi connectivity index (χ1n) is 8.08. The summed E-state index contributed by atoms with van der Waals surface area (Å²) >= 11 is 0. The van der Waals surface area contributed by atoms with Gasteiger partial charge in [-0.1, -0.05) is 32.1 Å². The molecule has 1 saturated carbocycles. The lowest BCUT2D eigenvalue weighted by molar-refractivity contribution is -0.143. The number of pyridine rings is 1. The third kappa shape index (κ3) is 5.13. The molecule has 2 rings (SSSR count). The molecule has 5 heteroatoms.